The highest BCUT2D eigenvalue weighted by Gasteiger charge is 2.26. The molecule has 96 valence electrons. The highest BCUT2D eigenvalue weighted by Crippen LogP contribution is 2.32. The number of carbonyl (C=O) groups excluding carboxylic acids is 1. The van der Waals surface area contributed by atoms with Crippen molar-refractivity contribution in [2.24, 2.45) is 0 Å². The summed E-state index contributed by atoms with van der Waals surface area (Å²) in [6.45, 7) is 0.234. The lowest BCUT2D eigenvalue weighted by Crippen LogP contribution is -2.29. The lowest BCUT2D eigenvalue weighted by molar-refractivity contribution is -0.138. The first kappa shape index (κ1) is 12.3. The van der Waals surface area contributed by atoms with E-state index < -0.39 is 17.8 Å². The largest absolute Gasteiger partial charge is 0.491 e. The van der Waals surface area contributed by atoms with Crippen molar-refractivity contribution >= 4 is 11.9 Å². The summed E-state index contributed by atoms with van der Waals surface area (Å²) in [6, 6.07) is 3.68. The third kappa shape index (κ3) is 2.77. The molecule has 1 unspecified atom stereocenters. The number of aliphatic carboxylic acids is 1. The lowest BCUT2D eigenvalue weighted by atomic mass is 10.1. The van der Waals surface area contributed by atoms with Crippen LogP contribution in [0.25, 0.3) is 0 Å². The Kier molecular flexibility index (Phi) is 3.45. The van der Waals surface area contributed by atoms with Gasteiger partial charge in [-0.15, -0.1) is 0 Å². The van der Waals surface area contributed by atoms with E-state index in [1.54, 1.807) is 0 Å². The average Bonchev–Trinajstić information content (AvgIpc) is 2.69. The summed E-state index contributed by atoms with van der Waals surface area (Å²) in [6.07, 6.45) is -0.327. The molecule has 0 radical (unpaired) electrons. The molecule has 18 heavy (non-hydrogen) atoms. The summed E-state index contributed by atoms with van der Waals surface area (Å²) in [5, 5.41) is 11.1. The zero-order valence-corrected chi connectivity index (χ0v) is 9.48. The van der Waals surface area contributed by atoms with Crippen LogP contribution in [0.1, 0.15) is 24.4 Å². The van der Waals surface area contributed by atoms with Crippen LogP contribution in [0.5, 0.6) is 5.75 Å². The monoisotopic (exact) mass is 253 g/mol. The quantitative estimate of drug-likeness (QED) is 0.846. The normalized spacial score (nSPS) is 16.8. The summed E-state index contributed by atoms with van der Waals surface area (Å²) in [4.78, 5) is 21.8. The number of carboxylic acid groups (broad SMARTS) is 1. The Hall–Kier alpha value is -2.11. The van der Waals surface area contributed by atoms with E-state index in [9.17, 15) is 14.0 Å². The molecule has 1 amide bonds. The van der Waals surface area contributed by atoms with Gasteiger partial charge in [-0.1, -0.05) is 0 Å². The molecule has 0 spiro atoms. The minimum Gasteiger partial charge on any atom is -0.491 e. The SMILES string of the molecule is O=C(O)CCC(=O)NC1COc2ccc(F)cc21. The minimum atomic E-state index is -1.03. The molecule has 1 heterocycles. The van der Waals surface area contributed by atoms with Crippen molar-refractivity contribution in [1.82, 2.24) is 5.32 Å². The lowest BCUT2D eigenvalue weighted by Gasteiger charge is -2.11. The van der Waals surface area contributed by atoms with E-state index in [2.05, 4.69) is 5.32 Å². The Balaban J connectivity index is 1.99. The second kappa shape index (κ2) is 5.03. The fourth-order valence-corrected chi connectivity index (χ4v) is 1.79. The predicted molar refractivity (Wildman–Crippen MR) is 59.6 cm³/mol. The van der Waals surface area contributed by atoms with Gasteiger partial charge in [0.25, 0.3) is 0 Å². The van der Waals surface area contributed by atoms with Gasteiger partial charge in [0, 0.05) is 12.0 Å². The molecular formula is C12H12FNO4. The van der Waals surface area contributed by atoms with Crippen molar-refractivity contribution in [3.63, 3.8) is 0 Å². The van der Waals surface area contributed by atoms with E-state index >= 15 is 0 Å². The van der Waals surface area contributed by atoms with Gasteiger partial charge in [-0.2, -0.15) is 0 Å². The Labute approximate surface area is 103 Å². The molecule has 0 aromatic heterocycles. The summed E-state index contributed by atoms with van der Waals surface area (Å²) in [7, 11) is 0. The molecule has 1 atom stereocenters. The predicted octanol–water partition coefficient (Wildman–Crippen LogP) is 1.24. The fourth-order valence-electron chi connectivity index (χ4n) is 1.79. The number of benzene rings is 1. The first-order valence-electron chi connectivity index (χ1n) is 5.49. The standard InChI is InChI=1S/C12H12FNO4/c13-7-1-2-10-8(5-7)9(6-18-10)14-11(15)3-4-12(16)17/h1-2,5,9H,3-4,6H2,(H,14,15)(H,16,17). The number of carbonyl (C=O) groups is 2. The van der Waals surface area contributed by atoms with E-state index in [0.29, 0.717) is 11.3 Å². The van der Waals surface area contributed by atoms with Crippen molar-refractivity contribution in [2.45, 2.75) is 18.9 Å². The van der Waals surface area contributed by atoms with Crippen LogP contribution in [-0.4, -0.2) is 23.6 Å². The number of amides is 1. The van der Waals surface area contributed by atoms with E-state index in [1.165, 1.54) is 18.2 Å². The Morgan fingerprint density at radius 1 is 1.44 bits per heavy atom. The molecule has 0 saturated carbocycles. The molecule has 1 aliphatic heterocycles. The van der Waals surface area contributed by atoms with Crippen molar-refractivity contribution in [3.05, 3.63) is 29.6 Å². The fraction of sp³-hybridized carbons (Fsp3) is 0.333. The van der Waals surface area contributed by atoms with Crippen molar-refractivity contribution in [3.8, 4) is 5.75 Å². The van der Waals surface area contributed by atoms with E-state index in [1.807, 2.05) is 0 Å². The maximum atomic E-state index is 13.1. The topological polar surface area (TPSA) is 75.6 Å². The maximum Gasteiger partial charge on any atom is 0.303 e. The zero-order chi connectivity index (χ0) is 13.1. The van der Waals surface area contributed by atoms with Gasteiger partial charge in [-0.05, 0) is 18.2 Å². The minimum absolute atomic E-state index is 0.101. The Bertz CT molecular complexity index is 489. The van der Waals surface area contributed by atoms with Gasteiger partial charge in [0.1, 0.15) is 18.2 Å². The number of halogens is 1. The first-order chi connectivity index (χ1) is 8.56. The van der Waals surface area contributed by atoms with Crippen LogP contribution in [0.4, 0.5) is 4.39 Å². The van der Waals surface area contributed by atoms with Crippen molar-refractivity contribution in [2.75, 3.05) is 6.61 Å². The van der Waals surface area contributed by atoms with Crippen LogP contribution in [0, 0.1) is 5.82 Å². The molecule has 0 aliphatic carbocycles. The van der Waals surface area contributed by atoms with E-state index in [4.69, 9.17) is 9.84 Å². The third-order valence-electron chi connectivity index (χ3n) is 2.65. The molecule has 0 fully saturated rings. The maximum absolute atomic E-state index is 13.1. The number of rotatable bonds is 4. The van der Waals surface area contributed by atoms with Crippen LogP contribution in [0.3, 0.4) is 0 Å². The van der Waals surface area contributed by atoms with Crippen LogP contribution in [0.15, 0.2) is 18.2 Å². The smallest absolute Gasteiger partial charge is 0.303 e. The third-order valence-corrected chi connectivity index (χ3v) is 2.65. The van der Waals surface area contributed by atoms with Gasteiger partial charge in [-0.25, -0.2) is 4.39 Å². The molecule has 1 aliphatic rings. The molecule has 1 aromatic carbocycles. The molecule has 0 saturated heterocycles. The second-order valence-electron chi connectivity index (χ2n) is 4.01. The van der Waals surface area contributed by atoms with Gasteiger partial charge in [0.2, 0.25) is 5.91 Å². The average molecular weight is 253 g/mol. The molecular weight excluding hydrogens is 241 g/mol. The van der Waals surface area contributed by atoms with E-state index in [0.717, 1.165) is 0 Å². The van der Waals surface area contributed by atoms with Crippen LogP contribution < -0.4 is 10.1 Å². The summed E-state index contributed by atoms with van der Waals surface area (Å²) >= 11 is 0. The Morgan fingerprint density at radius 2 is 2.22 bits per heavy atom. The Morgan fingerprint density at radius 3 is 2.94 bits per heavy atom. The summed E-state index contributed by atoms with van der Waals surface area (Å²) in [5.41, 5.74) is 0.582. The van der Waals surface area contributed by atoms with Crippen LogP contribution >= 0.6 is 0 Å². The van der Waals surface area contributed by atoms with Crippen molar-refractivity contribution in [1.29, 1.82) is 0 Å². The number of hydrogen-bond acceptors (Lipinski definition) is 3. The highest BCUT2D eigenvalue weighted by atomic mass is 19.1. The number of hydrogen-bond donors (Lipinski definition) is 2. The molecule has 2 rings (SSSR count). The molecule has 0 bridgehead atoms. The second-order valence-corrected chi connectivity index (χ2v) is 4.01. The van der Waals surface area contributed by atoms with Crippen LogP contribution in [-0.2, 0) is 9.59 Å². The van der Waals surface area contributed by atoms with Gasteiger partial charge in [0.05, 0.1) is 12.5 Å². The molecule has 2 N–H and O–H groups in total. The van der Waals surface area contributed by atoms with Crippen LogP contribution in [0.2, 0.25) is 0 Å². The highest BCUT2D eigenvalue weighted by molar-refractivity contribution is 5.81. The molecule has 6 heteroatoms. The first-order valence-corrected chi connectivity index (χ1v) is 5.49. The van der Waals surface area contributed by atoms with Gasteiger partial charge >= 0.3 is 5.97 Å². The number of ether oxygens (including phenoxy) is 1. The van der Waals surface area contributed by atoms with Crippen molar-refractivity contribution < 1.29 is 23.8 Å². The summed E-state index contributed by atoms with van der Waals surface area (Å²) < 4.78 is 18.4. The number of fused-ring (bicyclic) bond motifs is 1. The van der Waals surface area contributed by atoms with Gasteiger partial charge in [-0.3, -0.25) is 9.59 Å². The number of carboxylic acids is 1. The number of nitrogens with one attached hydrogen (secondary N) is 1. The molecule has 1 aromatic rings. The summed E-state index contributed by atoms with van der Waals surface area (Å²) in [5.74, 6) is -1.27. The molecule has 5 nitrogen and oxygen atoms in total. The van der Waals surface area contributed by atoms with Gasteiger partial charge < -0.3 is 15.2 Å². The van der Waals surface area contributed by atoms with E-state index in [-0.39, 0.29) is 25.4 Å². The van der Waals surface area contributed by atoms with Gasteiger partial charge in [0.15, 0.2) is 0 Å². The zero-order valence-electron chi connectivity index (χ0n) is 9.48.